The van der Waals surface area contributed by atoms with Crippen LogP contribution in [0.15, 0.2) is 24.5 Å². The smallest absolute Gasteiger partial charge is 0.257 e. The summed E-state index contributed by atoms with van der Waals surface area (Å²) in [6, 6.07) is 3.41. The topological polar surface area (TPSA) is 97.1 Å². The lowest BCUT2D eigenvalue weighted by molar-refractivity contribution is 0.0946. The van der Waals surface area contributed by atoms with Gasteiger partial charge in [0.1, 0.15) is 5.00 Å². The molecule has 154 valence electrons. The van der Waals surface area contributed by atoms with Gasteiger partial charge in [0.2, 0.25) is 0 Å². The molecule has 2 aromatic rings. The molecule has 0 aromatic carbocycles. The fourth-order valence-corrected chi connectivity index (χ4v) is 4.24. The Morgan fingerprint density at radius 2 is 1.93 bits per heavy atom. The van der Waals surface area contributed by atoms with Crippen LogP contribution < -0.4 is 16.4 Å². The molecule has 28 heavy (non-hydrogen) atoms. The first kappa shape index (κ1) is 24.4. The highest BCUT2D eigenvalue weighted by atomic mass is 35.5. The van der Waals surface area contributed by atoms with Crippen LogP contribution in [0.2, 0.25) is 0 Å². The molecule has 1 aliphatic carbocycles. The lowest BCUT2D eigenvalue weighted by atomic mass is 9.95. The van der Waals surface area contributed by atoms with E-state index in [1.54, 1.807) is 18.3 Å². The highest BCUT2D eigenvalue weighted by molar-refractivity contribution is 7.17. The van der Waals surface area contributed by atoms with Gasteiger partial charge in [0.15, 0.2) is 0 Å². The van der Waals surface area contributed by atoms with Crippen molar-refractivity contribution in [2.24, 2.45) is 5.73 Å². The zero-order valence-corrected chi connectivity index (χ0v) is 18.4. The number of carbonyl (C=O) groups excluding carboxylic acids is 2. The van der Waals surface area contributed by atoms with E-state index >= 15 is 0 Å². The fourth-order valence-electron chi connectivity index (χ4n) is 2.96. The molecular formula is C19H26Cl2N4O2S. The minimum absolute atomic E-state index is 0. The molecule has 9 heteroatoms. The number of amides is 2. The van der Waals surface area contributed by atoms with Crippen LogP contribution in [0.25, 0.3) is 0 Å². The van der Waals surface area contributed by atoms with Crippen LogP contribution in [-0.2, 0) is 12.8 Å². The van der Waals surface area contributed by atoms with Gasteiger partial charge in [0.05, 0.1) is 11.1 Å². The average molecular weight is 445 g/mol. The number of anilines is 1. The number of fused-ring (bicyclic) bond motifs is 1. The van der Waals surface area contributed by atoms with Crippen molar-refractivity contribution >= 4 is 53.0 Å². The van der Waals surface area contributed by atoms with Gasteiger partial charge in [-0.2, -0.15) is 0 Å². The SMILES string of the molecule is CC(C)(N)CNC(=O)c1c(NC(=O)c2cccnc2)sc2c1CCCC2.Cl.Cl. The zero-order valence-electron chi connectivity index (χ0n) is 15.9. The Labute approximate surface area is 181 Å². The summed E-state index contributed by atoms with van der Waals surface area (Å²) in [6.07, 6.45) is 7.12. The normalized spacial score (nSPS) is 12.8. The number of thiophene rings is 1. The molecule has 0 fully saturated rings. The van der Waals surface area contributed by atoms with Crippen LogP contribution in [0, 0.1) is 0 Å². The van der Waals surface area contributed by atoms with Gasteiger partial charge in [-0.15, -0.1) is 36.2 Å². The van der Waals surface area contributed by atoms with Crippen molar-refractivity contribution in [3.63, 3.8) is 0 Å². The van der Waals surface area contributed by atoms with Crippen molar-refractivity contribution < 1.29 is 9.59 Å². The molecule has 6 nitrogen and oxygen atoms in total. The summed E-state index contributed by atoms with van der Waals surface area (Å²) in [7, 11) is 0. The monoisotopic (exact) mass is 444 g/mol. The number of halogens is 2. The Morgan fingerprint density at radius 1 is 1.21 bits per heavy atom. The molecule has 3 rings (SSSR count). The lowest BCUT2D eigenvalue weighted by Crippen LogP contribution is -2.45. The van der Waals surface area contributed by atoms with Crippen molar-refractivity contribution in [1.29, 1.82) is 0 Å². The summed E-state index contributed by atoms with van der Waals surface area (Å²) in [5.41, 5.74) is 7.61. The molecule has 1 aliphatic rings. The molecule has 0 unspecified atom stereocenters. The molecule has 0 saturated carbocycles. The van der Waals surface area contributed by atoms with Crippen LogP contribution in [0.5, 0.6) is 0 Å². The van der Waals surface area contributed by atoms with E-state index in [2.05, 4.69) is 15.6 Å². The predicted octanol–water partition coefficient (Wildman–Crippen LogP) is 3.58. The third-order valence-electron chi connectivity index (χ3n) is 4.25. The summed E-state index contributed by atoms with van der Waals surface area (Å²) in [5, 5.41) is 6.43. The van der Waals surface area contributed by atoms with Crippen LogP contribution >= 0.6 is 36.2 Å². The number of rotatable bonds is 5. The van der Waals surface area contributed by atoms with Gasteiger partial charge in [0, 0.05) is 29.4 Å². The molecule has 0 bridgehead atoms. The van der Waals surface area contributed by atoms with Crippen LogP contribution in [0.4, 0.5) is 5.00 Å². The largest absolute Gasteiger partial charge is 0.350 e. The van der Waals surface area contributed by atoms with Crippen LogP contribution in [0.1, 0.15) is 57.8 Å². The standard InChI is InChI=1S/C19H24N4O2S.2ClH/c1-19(2,20)11-22-17(25)15-13-7-3-4-8-14(13)26-18(15)23-16(24)12-6-5-9-21-10-12;;/h5-6,9-10H,3-4,7-8,11,20H2,1-2H3,(H,22,25)(H,23,24);2*1H. The number of nitrogens with two attached hydrogens (primary N) is 1. The Morgan fingerprint density at radius 3 is 2.57 bits per heavy atom. The van der Waals surface area contributed by atoms with Gasteiger partial charge < -0.3 is 16.4 Å². The second-order valence-electron chi connectivity index (χ2n) is 7.28. The Bertz CT molecular complexity index is 819. The molecule has 2 heterocycles. The number of nitrogens with zero attached hydrogens (tertiary/aromatic N) is 1. The molecule has 0 saturated heterocycles. The summed E-state index contributed by atoms with van der Waals surface area (Å²) in [5.74, 6) is -0.436. The molecule has 0 aliphatic heterocycles. The van der Waals surface area contributed by atoms with Crippen molar-refractivity contribution in [3.8, 4) is 0 Å². The Hall–Kier alpha value is -1.67. The first-order valence-electron chi connectivity index (χ1n) is 8.78. The first-order chi connectivity index (χ1) is 12.3. The maximum absolute atomic E-state index is 12.8. The molecule has 0 radical (unpaired) electrons. The van der Waals surface area contributed by atoms with E-state index in [4.69, 9.17) is 5.73 Å². The molecule has 0 atom stereocenters. The van der Waals surface area contributed by atoms with E-state index in [0.717, 1.165) is 31.2 Å². The number of hydrogen-bond donors (Lipinski definition) is 3. The van der Waals surface area contributed by atoms with Gasteiger partial charge in [0.25, 0.3) is 11.8 Å². The zero-order chi connectivity index (χ0) is 18.7. The van der Waals surface area contributed by atoms with Crippen molar-refractivity contribution in [2.45, 2.75) is 45.1 Å². The Kier molecular flexibility index (Phi) is 8.88. The number of carbonyl (C=O) groups is 2. The quantitative estimate of drug-likeness (QED) is 0.655. The van der Waals surface area contributed by atoms with Gasteiger partial charge in [-0.3, -0.25) is 14.6 Å². The fraction of sp³-hybridized carbons (Fsp3) is 0.421. The number of aromatic nitrogens is 1. The summed E-state index contributed by atoms with van der Waals surface area (Å²) >= 11 is 1.50. The minimum atomic E-state index is -0.495. The predicted molar refractivity (Wildman–Crippen MR) is 118 cm³/mol. The molecule has 4 N–H and O–H groups in total. The summed E-state index contributed by atoms with van der Waals surface area (Å²) < 4.78 is 0. The minimum Gasteiger partial charge on any atom is -0.350 e. The second kappa shape index (κ2) is 10.2. The van der Waals surface area contributed by atoms with Gasteiger partial charge in [-0.1, -0.05) is 0 Å². The summed E-state index contributed by atoms with van der Waals surface area (Å²) in [4.78, 5) is 30.5. The third-order valence-corrected chi connectivity index (χ3v) is 5.46. The van der Waals surface area contributed by atoms with Gasteiger partial charge in [-0.25, -0.2) is 0 Å². The lowest BCUT2D eigenvalue weighted by Gasteiger charge is -2.20. The highest BCUT2D eigenvalue weighted by Crippen LogP contribution is 2.38. The first-order valence-corrected chi connectivity index (χ1v) is 9.60. The van der Waals surface area contributed by atoms with E-state index in [0.29, 0.717) is 22.7 Å². The second-order valence-corrected chi connectivity index (χ2v) is 8.39. The third kappa shape index (κ3) is 5.91. The van der Waals surface area contributed by atoms with Crippen molar-refractivity contribution in [3.05, 3.63) is 46.1 Å². The van der Waals surface area contributed by atoms with Gasteiger partial charge in [-0.05, 0) is 57.2 Å². The molecular weight excluding hydrogens is 419 g/mol. The molecule has 2 amide bonds. The highest BCUT2D eigenvalue weighted by Gasteiger charge is 2.27. The van der Waals surface area contributed by atoms with Crippen LogP contribution in [0.3, 0.4) is 0 Å². The average Bonchev–Trinajstić information content (AvgIpc) is 2.97. The Balaban J connectivity index is 0.00000196. The van der Waals surface area contributed by atoms with E-state index in [1.807, 2.05) is 13.8 Å². The number of aryl methyl sites for hydroxylation is 1. The maximum atomic E-state index is 12.8. The van der Waals surface area contributed by atoms with Crippen LogP contribution in [-0.4, -0.2) is 28.9 Å². The van der Waals surface area contributed by atoms with Gasteiger partial charge >= 0.3 is 0 Å². The number of nitrogens with one attached hydrogen (secondary N) is 2. The molecule has 0 spiro atoms. The number of pyridine rings is 1. The van der Waals surface area contributed by atoms with E-state index in [9.17, 15) is 9.59 Å². The number of hydrogen-bond acceptors (Lipinski definition) is 5. The van der Waals surface area contributed by atoms with E-state index < -0.39 is 5.54 Å². The summed E-state index contributed by atoms with van der Waals surface area (Å²) in [6.45, 7) is 4.09. The van der Waals surface area contributed by atoms with E-state index in [1.165, 1.54) is 22.4 Å². The maximum Gasteiger partial charge on any atom is 0.257 e. The van der Waals surface area contributed by atoms with Crippen molar-refractivity contribution in [2.75, 3.05) is 11.9 Å². The van der Waals surface area contributed by atoms with E-state index in [-0.39, 0.29) is 36.6 Å². The molecule has 2 aromatic heterocycles. The van der Waals surface area contributed by atoms with Crippen molar-refractivity contribution in [1.82, 2.24) is 10.3 Å².